The zero-order chi connectivity index (χ0) is 10.5. The molecule has 2 aliphatic rings. The average molecular weight is 225 g/mol. The number of piperidine rings is 1. The van der Waals surface area contributed by atoms with Crippen LogP contribution in [-0.2, 0) is 0 Å². The summed E-state index contributed by atoms with van der Waals surface area (Å²) >= 11 is 2.06. The molecular formula is C11H19N3S. The fraction of sp³-hybridized carbons (Fsp3) is 0.909. The third kappa shape index (κ3) is 3.37. The summed E-state index contributed by atoms with van der Waals surface area (Å²) in [5.74, 6) is 2.61. The van der Waals surface area contributed by atoms with Crippen LogP contribution in [0.5, 0.6) is 0 Å². The lowest BCUT2D eigenvalue weighted by Crippen LogP contribution is -2.46. The van der Waals surface area contributed by atoms with E-state index >= 15 is 0 Å². The second kappa shape index (κ2) is 5.74. The van der Waals surface area contributed by atoms with E-state index < -0.39 is 0 Å². The van der Waals surface area contributed by atoms with Crippen LogP contribution in [0.2, 0.25) is 0 Å². The van der Waals surface area contributed by atoms with Crippen LogP contribution in [0.1, 0.15) is 19.3 Å². The van der Waals surface area contributed by atoms with Gasteiger partial charge in [-0.3, -0.25) is 4.90 Å². The van der Waals surface area contributed by atoms with Gasteiger partial charge in [0.25, 0.3) is 0 Å². The number of nitrogens with one attached hydrogen (secondary N) is 1. The number of hydrogen-bond acceptors (Lipinski definition) is 4. The van der Waals surface area contributed by atoms with E-state index in [-0.39, 0.29) is 0 Å². The van der Waals surface area contributed by atoms with Gasteiger partial charge in [-0.1, -0.05) is 0 Å². The summed E-state index contributed by atoms with van der Waals surface area (Å²) in [5.41, 5.74) is 0. The molecule has 0 spiro atoms. The highest BCUT2D eigenvalue weighted by Gasteiger charge is 2.23. The lowest BCUT2D eigenvalue weighted by atomic mass is 10.0. The lowest BCUT2D eigenvalue weighted by molar-refractivity contribution is 0.211. The Morgan fingerprint density at radius 3 is 2.67 bits per heavy atom. The van der Waals surface area contributed by atoms with Crippen LogP contribution in [0.25, 0.3) is 0 Å². The van der Waals surface area contributed by atoms with Crippen LogP contribution in [0.3, 0.4) is 0 Å². The first-order valence-corrected chi connectivity index (χ1v) is 6.97. The highest BCUT2D eigenvalue weighted by atomic mass is 32.2. The number of rotatable bonds is 3. The van der Waals surface area contributed by atoms with Crippen LogP contribution in [0.15, 0.2) is 0 Å². The minimum absolute atomic E-state index is 0.603. The molecule has 3 nitrogen and oxygen atoms in total. The van der Waals surface area contributed by atoms with Crippen molar-refractivity contribution < 1.29 is 0 Å². The molecule has 0 bridgehead atoms. The molecule has 2 rings (SSSR count). The first kappa shape index (κ1) is 11.3. The molecule has 0 aromatic rings. The molecule has 4 heteroatoms. The largest absolute Gasteiger partial charge is 0.310 e. The molecule has 0 aromatic carbocycles. The third-order valence-electron chi connectivity index (χ3n) is 3.28. The number of likely N-dealkylation sites (tertiary alicyclic amines) is 1. The van der Waals surface area contributed by atoms with Crippen LogP contribution in [-0.4, -0.2) is 48.1 Å². The predicted octanol–water partition coefficient (Wildman–Crippen LogP) is 1.07. The quantitative estimate of drug-likeness (QED) is 0.729. The molecule has 2 fully saturated rings. The first-order chi connectivity index (χ1) is 7.38. The van der Waals surface area contributed by atoms with Crippen molar-refractivity contribution in [1.29, 1.82) is 5.26 Å². The second-order valence-electron chi connectivity index (χ2n) is 4.44. The van der Waals surface area contributed by atoms with E-state index in [1.54, 1.807) is 0 Å². The van der Waals surface area contributed by atoms with Gasteiger partial charge in [0.05, 0.1) is 12.6 Å². The van der Waals surface area contributed by atoms with Crippen molar-refractivity contribution in [1.82, 2.24) is 10.2 Å². The monoisotopic (exact) mass is 225 g/mol. The molecule has 2 aliphatic heterocycles. The Labute approximate surface area is 96.2 Å². The van der Waals surface area contributed by atoms with Gasteiger partial charge in [-0.15, -0.1) is 0 Å². The standard InChI is InChI=1S/C11H19N3S/c12-4-7-14-5-1-10(2-6-14)13-11-3-8-15-9-11/h10-11,13H,1-3,5-9H2. The normalized spacial score (nSPS) is 29.1. The maximum atomic E-state index is 8.60. The van der Waals surface area contributed by atoms with Crippen molar-refractivity contribution in [3.8, 4) is 6.07 Å². The van der Waals surface area contributed by atoms with Crippen molar-refractivity contribution in [3.05, 3.63) is 0 Å². The maximum Gasteiger partial charge on any atom is 0.0866 e. The van der Waals surface area contributed by atoms with E-state index in [0.29, 0.717) is 12.6 Å². The van der Waals surface area contributed by atoms with Crippen molar-refractivity contribution in [3.63, 3.8) is 0 Å². The van der Waals surface area contributed by atoms with Crippen LogP contribution < -0.4 is 5.32 Å². The summed E-state index contributed by atoms with van der Waals surface area (Å²) in [5, 5.41) is 12.4. The van der Waals surface area contributed by atoms with Gasteiger partial charge in [0.15, 0.2) is 0 Å². The summed E-state index contributed by atoms with van der Waals surface area (Å²) in [6, 6.07) is 3.68. The fourth-order valence-corrected chi connectivity index (χ4v) is 3.52. The van der Waals surface area contributed by atoms with Gasteiger partial charge in [-0.25, -0.2) is 0 Å². The molecule has 15 heavy (non-hydrogen) atoms. The molecule has 2 heterocycles. The zero-order valence-corrected chi connectivity index (χ0v) is 9.93. The molecule has 1 atom stereocenters. The van der Waals surface area contributed by atoms with E-state index in [0.717, 1.165) is 19.1 Å². The zero-order valence-electron chi connectivity index (χ0n) is 9.11. The summed E-state index contributed by atoms with van der Waals surface area (Å²) in [4.78, 5) is 2.25. The summed E-state index contributed by atoms with van der Waals surface area (Å²) < 4.78 is 0. The lowest BCUT2D eigenvalue weighted by Gasteiger charge is -2.32. The minimum Gasteiger partial charge on any atom is -0.310 e. The van der Waals surface area contributed by atoms with Gasteiger partial charge >= 0.3 is 0 Å². The maximum absolute atomic E-state index is 8.60. The van der Waals surface area contributed by atoms with E-state index in [1.807, 2.05) is 0 Å². The molecule has 0 saturated carbocycles. The van der Waals surface area contributed by atoms with E-state index in [9.17, 15) is 0 Å². The van der Waals surface area contributed by atoms with E-state index in [2.05, 4.69) is 28.0 Å². The molecule has 84 valence electrons. The minimum atomic E-state index is 0.603. The highest BCUT2D eigenvalue weighted by Crippen LogP contribution is 2.19. The van der Waals surface area contributed by atoms with Crippen LogP contribution in [0, 0.1) is 11.3 Å². The number of thioether (sulfide) groups is 1. The Morgan fingerprint density at radius 2 is 2.07 bits per heavy atom. The van der Waals surface area contributed by atoms with Gasteiger partial charge in [-0.05, 0) is 25.0 Å². The summed E-state index contributed by atoms with van der Waals surface area (Å²) in [7, 11) is 0. The van der Waals surface area contributed by atoms with Crippen molar-refractivity contribution in [2.24, 2.45) is 0 Å². The average Bonchev–Trinajstić information content (AvgIpc) is 2.74. The SMILES string of the molecule is N#CCN1CCC(NC2CCSC2)CC1. The molecule has 0 aromatic heterocycles. The van der Waals surface area contributed by atoms with Crippen molar-refractivity contribution >= 4 is 11.8 Å². The number of nitrogens with zero attached hydrogens (tertiary/aromatic N) is 2. The number of nitriles is 1. The molecule has 0 aliphatic carbocycles. The predicted molar refractivity (Wildman–Crippen MR) is 63.9 cm³/mol. The van der Waals surface area contributed by atoms with Gasteiger partial charge < -0.3 is 5.32 Å². The Bertz CT molecular complexity index is 224. The van der Waals surface area contributed by atoms with Gasteiger partial charge in [0.1, 0.15) is 0 Å². The first-order valence-electron chi connectivity index (χ1n) is 5.81. The second-order valence-corrected chi connectivity index (χ2v) is 5.59. The Kier molecular flexibility index (Phi) is 4.30. The van der Waals surface area contributed by atoms with Gasteiger partial charge in [0, 0.05) is 30.9 Å². The molecule has 0 radical (unpaired) electrons. The Balaban J connectivity index is 1.67. The van der Waals surface area contributed by atoms with E-state index in [4.69, 9.17) is 5.26 Å². The summed E-state index contributed by atoms with van der Waals surface area (Å²) in [6.07, 6.45) is 3.76. The highest BCUT2D eigenvalue weighted by molar-refractivity contribution is 7.99. The van der Waals surface area contributed by atoms with Crippen LogP contribution >= 0.6 is 11.8 Å². The molecule has 1 unspecified atom stereocenters. The molecular weight excluding hydrogens is 206 g/mol. The van der Waals surface area contributed by atoms with Gasteiger partial charge in [-0.2, -0.15) is 17.0 Å². The van der Waals surface area contributed by atoms with E-state index in [1.165, 1.54) is 30.8 Å². The molecule has 2 saturated heterocycles. The fourth-order valence-electron chi connectivity index (χ4n) is 2.36. The Morgan fingerprint density at radius 1 is 1.27 bits per heavy atom. The molecule has 0 amide bonds. The third-order valence-corrected chi connectivity index (χ3v) is 4.45. The summed E-state index contributed by atoms with van der Waals surface area (Å²) in [6.45, 7) is 2.78. The van der Waals surface area contributed by atoms with Gasteiger partial charge in [0.2, 0.25) is 0 Å². The smallest absolute Gasteiger partial charge is 0.0866 e. The number of hydrogen-bond donors (Lipinski definition) is 1. The van der Waals surface area contributed by atoms with Crippen LogP contribution in [0.4, 0.5) is 0 Å². The topological polar surface area (TPSA) is 39.1 Å². The molecule has 1 N–H and O–H groups in total. The van der Waals surface area contributed by atoms with Crippen molar-refractivity contribution in [2.45, 2.75) is 31.3 Å². The Hall–Kier alpha value is -0.240. The van der Waals surface area contributed by atoms with Crippen molar-refractivity contribution in [2.75, 3.05) is 31.1 Å².